The molecule has 0 fully saturated rings. The molecule has 0 unspecified atom stereocenters. The summed E-state index contributed by atoms with van der Waals surface area (Å²) in [5, 5.41) is 0. The number of carbonyl (C=O) groups is 1. The summed E-state index contributed by atoms with van der Waals surface area (Å²) in [4.78, 5) is 11.4. The zero-order chi connectivity index (χ0) is 15.3. The van der Waals surface area contributed by atoms with Crippen molar-refractivity contribution in [3.8, 4) is 0 Å². The first-order chi connectivity index (χ1) is 9.94. The molecule has 0 bridgehead atoms. The van der Waals surface area contributed by atoms with Crippen LogP contribution in [0.3, 0.4) is 0 Å². The van der Waals surface area contributed by atoms with Crippen LogP contribution in [0.25, 0.3) is 0 Å². The average Bonchev–Trinajstić information content (AvgIpc) is 2.46. The van der Waals surface area contributed by atoms with Gasteiger partial charge in [0.1, 0.15) is 0 Å². The molecule has 0 N–H and O–H groups in total. The van der Waals surface area contributed by atoms with Crippen LogP contribution in [0.4, 0.5) is 13.2 Å². The number of esters is 1. The topological polar surface area (TPSA) is 26.3 Å². The predicted molar refractivity (Wildman–Crippen MR) is 66.6 cm³/mol. The van der Waals surface area contributed by atoms with Crippen molar-refractivity contribution < 1.29 is 43.9 Å². The van der Waals surface area contributed by atoms with Crippen LogP contribution < -0.4 is 21.2 Å². The zero-order valence-corrected chi connectivity index (χ0v) is 12.9. The summed E-state index contributed by atoms with van der Waals surface area (Å²) in [6.07, 6.45) is -4.51. The van der Waals surface area contributed by atoms with Crippen molar-refractivity contribution in [2.75, 3.05) is 6.61 Å². The average molecular weight is 407 g/mol. The summed E-state index contributed by atoms with van der Waals surface area (Å²) in [6.45, 7) is -1.56. The van der Waals surface area contributed by atoms with Crippen molar-refractivity contribution in [2.24, 2.45) is 0 Å². The Morgan fingerprint density at radius 2 is 1.52 bits per heavy atom. The van der Waals surface area contributed by atoms with E-state index < -0.39 is 18.8 Å². The molecule has 0 saturated carbocycles. The smallest absolute Gasteiger partial charge is 0.422 e. The molecule has 0 amide bonds. The number of benzene rings is 2. The molecule has 0 radical (unpaired) electrons. The Bertz CT molecular complexity index is 595. The standard InChI is InChI=1S/C15H11F3IO2/c16-15(17,18)10-21-14(20)11-6-8-13(9-7-11)19-12-4-2-1-3-5-12/h1-9H,10H2/q+1. The molecule has 0 aliphatic carbocycles. The Kier molecular flexibility index (Phi) is 5.22. The van der Waals surface area contributed by atoms with E-state index in [2.05, 4.69) is 4.74 Å². The fourth-order valence-corrected chi connectivity index (χ4v) is 3.70. The number of halogens is 4. The first kappa shape index (κ1) is 15.8. The maximum absolute atomic E-state index is 12.0. The number of carbonyl (C=O) groups excluding carboxylic acids is 1. The van der Waals surface area contributed by atoms with Crippen molar-refractivity contribution >= 4 is 5.97 Å². The van der Waals surface area contributed by atoms with Gasteiger partial charge in [-0.05, 0) is 36.4 Å². The third-order valence-electron chi connectivity index (χ3n) is 2.40. The molecule has 110 valence electrons. The molecule has 21 heavy (non-hydrogen) atoms. The van der Waals surface area contributed by atoms with Crippen LogP contribution in [-0.2, 0) is 4.74 Å². The van der Waals surface area contributed by atoms with Gasteiger partial charge in [0.25, 0.3) is 0 Å². The summed E-state index contributed by atoms with van der Waals surface area (Å²) in [5.74, 6) is -0.961. The minimum atomic E-state index is -4.51. The zero-order valence-electron chi connectivity index (χ0n) is 10.7. The maximum Gasteiger partial charge on any atom is 0.422 e. The number of rotatable bonds is 4. The maximum atomic E-state index is 12.0. The van der Waals surface area contributed by atoms with Crippen LogP contribution in [0.5, 0.6) is 0 Å². The Hall–Kier alpha value is -1.57. The van der Waals surface area contributed by atoms with Gasteiger partial charge in [0.05, 0.1) is 5.56 Å². The molecule has 6 heteroatoms. The van der Waals surface area contributed by atoms with Gasteiger partial charge in [0.2, 0.25) is 0 Å². The first-order valence-corrected chi connectivity index (χ1v) is 8.13. The normalized spacial score (nSPS) is 11.2. The minimum absolute atomic E-state index is 0.125. The Morgan fingerprint density at radius 1 is 0.952 bits per heavy atom. The molecule has 2 aromatic rings. The third kappa shape index (κ3) is 5.37. The molecular weight excluding hydrogens is 396 g/mol. The molecule has 0 heterocycles. The minimum Gasteiger partial charge on any atom is -0.452 e. The largest absolute Gasteiger partial charge is 0.452 e. The fourth-order valence-electron chi connectivity index (χ4n) is 1.48. The van der Waals surface area contributed by atoms with Gasteiger partial charge in [0, 0.05) is 0 Å². The van der Waals surface area contributed by atoms with E-state index in [1.807, 2.05) is 30.3 Å². The van der Waals surface area contributed by atoms with Crippen LogP contribution in [0.15, 0.2) is 54.6 Å². The monoisotopic (exact) mass is 407 g/mol. The molecule has 2 aromatic carbocycles. The van der Waals surface area contributed by atoms with Gasteiger partial charge < -0.3 is 4.74 Å². The second-order valence-electron chi connectivity index (χ2n) is 4.09. The molecule has 0 aliphatic heterocycles. The second-order valence-corrected chi connectivity index (χ2v) is 7.12. The van der Waals surface area contributed by atoms with Crippen molar-refractivity contribution in [2.45, 2.75) is 6.18 Å². The predicted octanol–water partition coefficient (Wildman–Crippen LogP) is 0.534. The van der Waals surface area contributed by atoms with E-state index in [0.717, 1.165) is 3.57 Å². The van der Waals surface area contributed by atoms with Gasteiger partial charge in [-0.25, -0.2) is 4.79 Å². The highest BCUT2D eigenvalue weighted by molar-refractivity contribution is 5.89. The second kappa shape index (κ2) is 6.93. The van der Waals surface area contributed by atoms with E-state index in [1.165, 1.54) is 15.7 Å². The molecule has 2 nitrogen and oxygen atoms in total. The molecule has 0 aromatic heterocycles. The number of alkyl halides is 3. The molecular formula is C15H11F3IO2+. The Morgan fingerprint density at radius 3 is 2.10 bits per heavy atom. The number of hydrogen-bond acceptors (Lipinski definition) is 2. The highest BCUT2D eigenvalue weighted by atomic mass is 127. The molecule has 0 spiro atoms. The Balaban J connectivity index is 1.97. The summed E-state index contributed by atoms with van der Waals surface area (Å²) in [6, 6.07) is 16.4. The highest BCUT2D eigenvalue weighted by Gasteiger charge is 2.29. The number of ether oxygens (including phenoxy) is 1. The molecule has 0 saturated heterocycles. The van der Waals surface area contributed by atoms with Crippen molar-refractivity contribution in [1.82, 2.24) is 0 Å². The van der Waals surface area contributed by atoms with Gasteiger partial charge in [-0.3, -0.25) is 0 Å². The van der Waals surface area contributed by atoms with Crippen LogP contribution in [0, 0.1) is 7.14 Å². The van der Waals surface area contributed by atoms with E-state index in [4.69, 9.17) is 0 Å². The SMILES string of the molecule is O=C(OCC(F)(F)F)c1ccc([I+]c2ccccc2)cc1. The van der Waals surface area contributed by atoms with E-state index >= 15 is 0 Å². The summed E-state index contributed by atoms with van der Waals surface area (Å²) in [5.41, 5.74) is 0.125. The van der Waals surface area contributed by atoms with Crippen molar-refractivity contribution in [1.29, 1.82) is 0 Å². The number of hydrogen-bond donors (Lipinski definition) is 0. The Labute approximate surface area is 130 Å². The third-order valence-corrected chi connectivity index (χ3v) is 5.08. The van der Waals surface area contributed by atoms with E-state index in [0.29, 0.717) is 0 Å². The van der Waals surface area contributed by atoms with E-state index in [1.54, 1.807) is 12.1 Å². The molecule has 2 rings (SSSR count). The summed E-state index contributed by atoms with van der Waals surface area (Å²) >= 11 is -0.363. The van der Waals surface area contributed by atoms with Gasteiger partial charge in [-0.15, -0.1) is 0 Å². The van der Waals surface area contributed by atoms with Crippen molar-refractivity contribution in [3.63, 3.8) is 0 Å². The summed E-state index contributed by atoms with van der Waals surface area (Å²) < 4.78 is 42.4. The van der Waals surface area contributed by atoms with Gasteiger partial charge in [0.15, 0.2) is 13.7 Å². The van der Waals surface area contributed by atoms with Gasteiger partial charge in [-0.1, -0.05) is 18.2 Å². The van der Waals surface area contributed by atoms with E-state index in [9.17, 15) is 18.0 Å². The van der Waals surface area contributed by atoms with Crippen LogP contribution in [0.1, 0.15) is 10.4 Å². The quantitative estimate of drug-likeness (QED) is 0.547. The van der Waals surface area contributed by atoms with Crippen LogP contribution in [0.2, 0.25) is 0 Å². The van der Waals surface area contributed by atoms with Gasteiger partial charge in [-0.2, -0.15) is 13.2 Å². The molecule has 0 aliphatic rings. The lowest BCUT2D eigenvalue weighted by Gasteiger charge is -2.07. The first-order valence-electron chi connectivity index (χ1n) is 5.98. The fraction of sp³-hybridized carbons (Fsp3) is 0.133. The van der Waals surface area contributed by atoms with E-state index in [-0.39, 0.29) is 26.8 Å². The van der Waals surface area contributed by atoms with Gasteiger partial charge >= 0.3 is 33.4 Å². The highest BCUT2D eigenvalue weighted by Crippen LogP contribution is 2.15. The van der Waals surface area contributed by atoms with Crippen LogP contribution >= 0.6 is 0 Å². The summed E-state index contributed by atoms with van der Waals surface area (Å²) in [7, 11) is 0. The van der Waals surface area contributed by atoms with Crippen LogP contribution in [-0.4, -0.2) is 18.8 Å². The lowest BCUT2D eigenvalue weighted by atomic mass is 10.2. The lowest BCUT2D eigenvalue weighted by Crippen LogP contribution is -3.61. The lowest BCUT2D eigenvalue weighted by molar-refractivity contribution is -0.597. The van der Waals surface area contributed by atoms with Crippen molar-refractivity contribution in [3.05, 3.63) is 67.3 Å². The molecule has 0 atom stereocenters.